The number of benzene rings is 6. The average Bonchev–Trinajstić information content (AvgIpc) is 3.98. The molecule has 3 N–H and O–H groups in total. The van der Waals surface area contributed by atoms with Gasteiger partial charge in [0.25, 0.3) is 0 Å². The molecule has 0 bridgehead atoms. The predicted molar refractivity (Wildman–Crippen MR) is 224 cm³/mol. The van der Waals surface area contributed by atoms with Crippen molar-refractivity contribution in [3.8, 4) is 0 Å². The lowest BCUT2D eigenvalue weighted by molar-refractivity contribution is 1.07. The van der Waals surface area contributed by atoms with E-state index in [0.29, 0.717) is 0 Å². The van der Waals surface area contributed by atoms with E-state index in [2.05, 4.69) is 122 Å². The Bertz CT molecular complexity index is 3360. The molecule has 0 fully saturated rings. The Morgan fingerprint density at radius 2 is 0.900 bits per heavy atom. The predicted octanol–water partition coefficient (Wildman–Crippen LogP) is 14.5. The molecule has 0 atom stereocenters. The van der Waals surface area contributed by atoms with Gasteiger partial charge in [-0.05, 0) is 41.1 Å². The lowest BCUT2D eigenvalue weighted by Crippen LogP contribution is -1.90. The van der Waals surface area contributed by atoms with E-state index in [-0.39, 0.29) is 0 Å². The summed E-state index contributed by atoms with van der Waals surface area (Å²) in [6, 6.07) is 17.8. The number of thiophene rings is 3. The molecule has 12 aromatic rings. The van der Waals surface area contributed by atoms with Gasteiger partial charge in [0.15, 0.2) is 0 Å². The first-order chi connectivity index (χ1) is 24.8. The van der Waals surface area contributed by atoms with Crippen LogP contribution in [0.25, 0.3) is 125 Å². The van der Waals surface area contributed by atoms with E-state index in [1.54, 1.807) is 0 Å². The standard InChI is InChI=1S/C44H29N3S3/c1-3-5-10-21-30(4-2)45-42-27-18-48-15-24(27)33-39(36(21)42)34-25-16-49-19-28(25)43-38(23-12-7-9-14-32(23)46-43)41(34)35-26-17-50-20-29(26)44-37(40(33)35)22-11-6-8-13-31(22)47-44/h5-20,45-47H,3-4H2,1-2H3/b10-5-. The van der Waals surface area contributed by atoms with Crippen LogP contribution in [0.15, 0.2) is 86.9 Å². The molecule has 0 unspecified atom stereocenters. The summed E-state index contributed by atoms with van der Waals surface area (Å²) in [5.74, 6) is 0. The number of hydrogen-bond donors (Lipinski definition) is 3. The normalized spacial score (nSPS) is 13.1. The summed E-state index contributed by atoms with van der Waals surface area (Å²) in [6.45, 7) is 4.52. The van der Waals surface area contributed by atoms with Crippen LogP contribution in [0.2, 0.25) is 0 Å². The van der Waals surface area contributed by atoms with Crippen LogP contribution < -0.4 is 0 Å². The van der Waals surface area contributed by atoms with E-state index in [1.165, 1.54) is 130 Å². The van der Waals surface area contributed by atoms with E-state index in [1.807, 2.05) is 34.0 Å². The maximum Gasteiger partial charge on any atom is 0.0559 e. The zero-order chi connectivity index (χ0) is 32.8. The second-order valence-corrected chi connectivity index (χ2v) is 15.9. The molecule has 3 nitrogen and oxygen atoms in total. The Hall–Kier alpha value is -5.14. The maximum absolute atomic E-state index is 4.00. The Morgan fingerprint density at radius 3 is 1.38 bits per heavy atom. The smallest absolute Gasteiger partial charge is 0.0559 e. The number of H-pyrrole nitrogens is 3. The first-order valence-electron chi connectivity index (χ1n) is 17.3. The van der Waals surface area contributed by atoms with Gasteiger partial charge < -0.3 is 15.0 Å². The summed E-state index contributed by atoms with van der Waals surface area (Å²) in [4.78, 5) is 11.8. The zero-order valence-electron chi connectivity index (χ0n) is 27.4. The molecule has 0 radical (unpaired) electrons. The quantitative estimate of drug-likeness (QED) is 0.154. The average molecular weight is 696 g/mol. The van der Waals surface area contributed by atoms with Crippen molar-refractivity contribution in [3.63, 3.8) is 0 Å². The Morgan fingerprint density at radius 1 is 0.460 bits per heavy atom. The van der Waals surface area contributed by atoms with Gasteiger partial charge in [-0.25, -0.2) is 0 Å². The Labute approximate surface area is 297 Å². The van der Waals surface area contributed by atoms with Crippen molar-refractivity contribution in [2.24, 2.45) is 0 Å². The SMILES string of the molecule is CC/C=C\c1c(CC)[nH]c2c3cscc3c3c(c12)c1c2cscc2c2[nH]c4ccccc4c2c1c1c2cscc2c2[nH]c4ccccc4c2c31. The highest BCUT2D eigenvalue weighted by molar-refractivity contribution is 7.10. The van der Waals surface area contributed by atoms with Crippen molar-refractivity contribution < 1.29 is 0 Å². The summed E-state index contributed by atoms with van der Waals surface area (Å²) in [5.41, 5.74) is 8.74. The van der Waals surface area contributed by atoms with Gasteiger partial charge in [-0.3, -0.25) is 0 Å². The van der Waals surface area contributed by atoms with Gasteiger partial charge in [0.2, 0.25) is 0 Å². The van der Waals surface area contributed by atoms with Gasteiger partial charge in [0.1, 0.15) is 0 Å². The number of aromatic nitrogens is 3. The van der Waals surface area contributed by atoms with Crippen LogP contribution in [0.4, 0.5) is 0 Å². The largest absolute Gasteiger partial charge is 0.357 e. The molecule has 238 valence electrons. The second kappa shape index (κ2) is 9.76. The number of fused-ring (bicyclic) bond motifs is 25. The van der Waals surface area contributed by atoms with Crippen LogP contribution in [0.1, 0.15) is 31.5 Å². The molecule has 6 aromatic heterocycles. The molecule has 50 heavy (non-hydrogen) atoms. The third-order valence-electron chi connectivity index (χ3n) is 11.3. The van der Waals surface area contributed by atoms with E-state index in [0.717, 1.165) is 12.8 Å². The molecule has 12 rings (SSSR count). The van der Waals surface area contributed by atoms with Crippen LogP contribution in [-0.2, 0) is 6.42 Å². The molecular formula is C44H29N3S3. The van der Waals surface area contributed by atoms with Crippen LogP contribution in [-0.4, -0.2) is 15.0 Å². The number of rotatable bonds is 3. The first-order valence-corrected chi connectivity index (χ1v) is 20.2. The van der Waals surface area contributed by atoms with Gasteiger partial charge in [0.05, 0.1) is 16.6 Å². The van der Waals surface area contributed by atoms with Crippen molar-refractivity contribution in [3.05, 3.63) is 98.1 Å². The monoisotopic (exact) mass is 695 g/mol. The molecule has 0 amide bonds. The number of allylic oxidation sites excluding steroid dienone is 1. The third-order valence-corrected chi connectivity index (χ3v) is 13.5. The molecule has 6 heteroatoms. The fourth-order valence-corrected chi connectivity index (χ4v) is 11.8. The molecule has 0 saturated carbocycles. The number of aromatic amines is 3. The lowest BCUT2D eigenvalue weighted by atomic mass is 9.83. The minimum absolute atomic E-state index is 0.944. The molecule has 6 aromatic carbocycles. The summed E-state index contributed by atoms with van der Waals surface area (Å²) in [6.07, 6.45) is 6.66. The summed E-state index contributed by atoms with van der Waals surface area (Å²) < 4.78 is 0. The zero-order valence-corrected chi connectivity index (χ0v) is 29.8. The van der Waals surface area contributed by atoms with Gasteiger partial charge >= 0.3 is 0 Å². The number of aryl methyl sites for hydroxylation is 1. The fraction of sp³-hybridized carbons (Fsp3) is 0.0909. The highest BCUT2D eigenvalue weighted by atomic mass is 32.1. The Kier molecular flexibility index (Phi) is 5.40. The lowest BCUT2D eigenvalue weighted by Gasteiger charge is -2.18. The molecule has 0 saturated heterocycles. The highest BCUT2D eigenvalue weighted by Crippen LogP contribution is 2.55. The molecular weight excluding hydrogens is 667 g/mol. The van der Waals surface area contributed by atoms with Gasteiger partial charge in [-0.15, -0.1) is 0 Å². The van der Waals surface area contributed by atoms with Gasteiger partial charge in [0, 0.05) is 130 Å². The number of para-hydroxylation sites is 2. The highest BCUT2D eigenvalue weighted by Gasteiger charge is 2.28. The van der Waals surface area contributed by atoms with Crippen molar-refractivity contribution in [1.29, 1.82) is 0 Å². The van der Waals surface area contributed by atoms with Gasteiger partial charge in [-0.1, -0.05) is 62.4 Å². The van der Waals surface area contributed by atoms with Crippen LogP contribution in [0.5, 0.6) is 0 Å². The topological polar surface area (TPSA) is 47.4 Å². The number of hydrogen-bond acceptors (Lipinski definition) is 3. The summed E-state index contributed by atoms with van der Waals surface area (Å²) in [5, 5.41) is 37.0. The van der Waals surface area contributed by atoms with Crippen LogP contribution in [0.3, 0.4) is 0 Å². The van der Waals surface area contributed by atoms with Crippen molar-refractivity contribution >= 4 is 159 Å². The minimum atomic E-state index is 0.944. The van der Waals surface area contributed by atoms with Crippen molar-refractivity contribution in [1.82, 2.24) is 15.0 Å². The van der Waals surface area contributed by atoms with E-state index in [9.17, 15) is 0 Å². The fourth-order valence-electron chi connectivity index (χ4n) is 9.29. The van der Waals surface area contributed by atoms with Crippen molar-refractivity contribution in [2.75, 3.05) is 0 Å². The Balaban J connectivity index is 1.58. The van der Waals surface area contributed by atoms with E-state index < -0.39 is 0 Å². The summed E-state index contributed by atoms with van der Waals surface area (Å²) in [7, 11) is 0. The minimum Gasteiger partial charge on any atom is -0.357 e. The molecule has 0 spiro atoms. The molecule has 0 aliphatic rings. The molecule has 0 aliphatic carbocycles. The first kappa shape index (κ1) is 27.7. The van der Waals surface area contributed by atoms with E-state index in [4.69, 9.17) is 0 Å². The summed E-state index contributed by atoms with van der Waals surface area (Å²) >= 11 is 5.44. The van der Waals surface area contributed by atoms with Crippen LogP contribution >= 0.6 is 34.0 Å². The molecule has 0 aliphatic heterocycles. The van der Waals surface area contributed by atoms with Crippen molar-refractivity contribution in [2.45, 2.75) is 26.7 Å². The number of nitrogens with one attached hydrogen (secondary N) is 3. The molecule has 6 heterocycles. The second-order valence-electron chi connectivity index (χ2n) is 13.6. The van der Waals surface area contributed by atoms with E-state index >= 15 is 0 Å². The van der Waals surface area contributed by atoms with Crippen LogP contribution in [0, 0.1) is 0 Å². The van der Waals surface area contributed by atoms with Gasteiger partial charge in [-0.2, -0.15) is 34.0 Å². The third kappa shape index (κ3) is 3.21. The maximum atomic E-state index is 4.00.